The normalized spacial score (nSPS) is 26.1. The zero-order valence-corrected chi connectivity index (χ0v) is 19.0. The first kappa shape index (κ1) is 30.8. The summed E-state index contributed by atoms with van der Waals surface area (Å²) >= 11 is 0. The van der Waals surface area contributed by atoms with Crippen LogP contribution in [0, 0.1) is 5.92 Å². The molecule has 0 radical (unpaired) electrons. The fourth-order valence-electron chi connectivity index (χ4n) is 4.38. The average Bonchev–Trinajstić information content (AvgIpc) is 2.72. The number of nitrogens with zero attached hydrogens (tertiary/aromatic N) is 1. The molecule has 2 aliphatic heterocycles. The smallest absolute Gasteiger partial charge is 0.452 e. The summed E-state index contributed by atoms with van der Waals surface area (Å²) in [4.78, 5) is 14.1. The van der Waals surface area contributed by atoms with Crippen molar-refractivity contribution >= 4 is 5.78 Å². The van der Waals surface area contributed by atoms with Crippen LogP contribution >= 0.6 is 0 Å². The van der Waals surface area contributed by atoms with Gasteiger partial charge < -0.3 is 81.3 Å². The topological polar surface area (TPSA) is 333 Å². The van der Waals surface area contributed by atoms with Crippen LogP contribution in [0.4, 0.5) is 0 Å². The fraction of sp³-hybridized carbons (Fsp3) is 0.632. The van der Waals surface area contributed by atoms with Crippen molar-refractivity contribution in [2.75, 3.05) is 13.1 Å². The molecule has 0 aromatic heterocycles. The summed E-state index contributed by atoms with van der Waals surface area (Å²) in [5, 5.41) is 145. The number of ether oxygens (including phenoxy) is 1. The molecule has 37 heavy (non-hydrogen) atoms. The lowest BCUT2D eigenvalue weighted by atomic mass is 9.72. The van der Waals surface area contributed by atoms with Crippen molar-refractivity contribution in [2.24, 2.45) is 5.92 Å². The second-order valence-corrected chi connectivity index (χ2v) is 8.71. The minimum absolute atomic E-state index is 0.0239. The van der Waals surface area contributed by atoms with Crippen molar-refractivity contribution in [3.05, 3.63) is 34.7 Å². The highest BCUT2D eigenvalue weighted by molar-refractivity contribution is 5.85. The number of aliphatic hydroxyl groups excluding tert-OH is 3. The summed E-state index contributed by atoms with van der Waals surface area (Å²) in [5.41, 5.74) is -5.18. The minimum Gasteiger partial charge on any atom is -0.512 e. The van der Waals surface area contributed by atoms with Crippen LogP contribution in [0.1, 0.15) is 19.8 Å². The molecule has 2 saturated heterocycles. The Kier molecular flexibility index (Phi) is 8.08. The Morgan fingerprint density at radius 2 is 1.43 bits per heavy atom. The number of allylic oxidation sites excluding steroid dienone is 1. The van der Waals surface area contributed by atoms with E-state index in [4.69, 9.17) is 15.3 Å². The molecule has 0 saturated carbocycles. The third-order valence-corrected chi connectivity index (χ3v) is 6.20. The highest BCUT2D eigenvalue weighted by atomic mass is 16.9. The van der Waals surface area contributed by atoms with E-state index in [0.29, 0.717) is 0 Å². The van der Waals surface area contributed by atoms with Gasteiger partial charge in [0.15, 0.2) is 11.5 Å². The monoisotopic (exact) mass is 543 g/mol. The third-order valence-electron chi connectivity index (χ3n) is 6.20. The lowest BCUT2D eigenvalue weighted by molar-refractivity contribution is -0.545. The minimum atomic E-state index is -4.81. The van der Waals surface area contributed by atoms with Gasteiger partial charge in [-0.05, 0) is 18.9 Å². The lowest BCUT2D eigenvalue weighted by Crippen LogP contribution is -2.81. The van der Waals surface area contributed by atoms with E-state index in [1.807, 2.05) is 0 Å². The number of carbonyl (C=O) groups excluding carboxylic acids is 1. The Balaban J connectivity index is 2.58. The lowest BCUT2D eigenvalue weighted by Gasteiger charge is -2.52. The third kappa shape index (κ3) is 5.56. The summed E-state index contributed by atoms with van der Waals surface area (Å²) in [6.07, 6.45) is -4.65. The molecule has 0 aliphatic carbocycles. The number of hydrogen-bond acceptors (Lipinski definition) is 18. The molecule has 0 aromatic carbocycles. The summed E-state index contributed by atoms with van der Waals surface area (Å²) in [6.45, 7) is 0.169. The molecule has 18 heteroatoms. The Morgan fingerprint density at radius 3 is 1.86 bits per heavy atom. The Morgan fingerprint density at radius 1 is 0.919 bits per heavy atom. The Labute approximate surface area is 206 Å². The number of aliphatic hydroxyl groups is 15. The van der Waals surface area contributed by atoms with Gasteiger partial charge in [-0.1, -0.05) is 0 Å². The van der Waals surface area contributed by atoms with Crippen LogP contribution in [-0.4, -0.2) is 136 Å². The number of rotatable bonds is 7. The van der Waals surface area contributed by atoms with Gasteiger partial charge in [-0.25, -0.2) is 0 Å². The molecule has 0 spiro atoms. The molecule has 0 aromatic rings. The number of Topliss-reactive ketones (excluding diaryl/α,β-unsaturated/α-hetero) is 1. The van der Waals surface area contributed by atoms with E-state index in [0.717, 1.165) is 0 Å². The molecule has 2 fully saturated rings. The van der Waals surface area contributed by atoms with E-state index in [2.05, 4.69) is 4.74 Å². The van der Waals surface area contributed by atoms with Crippen molar-refractivity contribution in [3.8, 4) is 0 Å². The second kappa shape index (κ2) is 9.71. The van der Waals surface area contributed by atoms with Crippen LogP contribution in [0.2, 0.25) is 0 Å². The van der Waals surface area contributed by atoms with Crippen LogP contribution in [0.3, 0.4) is 0 Å². The molecule has 15 N–H and O–H groups in total. The second-order valence-electron chi connectivity index (χ2n) is 8.71. The summed E-state index contributed by atoms with van der Waals surface area (Å²) in [7, 11) is 0. The molecule has 2 aliphatic rings. The maximum atomic E-state index is 12.9. The number of hydrogen-bond donors (Lipinski definition) is 15. The zero-order valence-electron chi connectivity index (χ0n) is 19.0. The predicted molar refractivity (Wildman–Crippen MR) is 110 cm³/mol. The summed E-state index contributed by atoms with van der Waals surface area (Å²) in [6, 6.07) is -1.29. The van der Waals surface area contributed by atoms with Gasteiger partial charge in [0.2, 0.25) is 5.79 Å². The van der Waals surface area contributed by atoms with E-state index < -0.39 is 77.5 Å². The highest BCUT2D eigenvalue weighted by Gasteiger charge is 2.76. The van der Waals surface area contributed by atoms with Gasteiger partial charge in [-0.15, -0.1) is 0 Å². The molecule has 2 heterocycles. The van der Waals surface area contributed by atoms with Crippen molar-refractivity contribution in [1.82, 2.24) is 4.90 Å². The molecule has 2 rings (SSSR count). The van der Waals surface area contributed by atoms with E-state index in [1.54, 1.807) is 0 Å². The van der Waals surface area contributed by atoms with Gasteiger partial charge in [-0.2, -0.15) is 0 Å². The van der Waals surface area contributed by atoms with Crippen molar-refractivity contribution in [3.63, 3.8) is 0 Å². The maximum Gasteiger partial charge on any atom is 0.452 e. The van der Waals surface area contributed by atoms with E-state index in [1.165, 1.54) is 11.8 Å². The standard InChI is InChI=1S/C19H29NO17/c1-7(21)8-2-3-20-5-9(15(25,26)16(27,17(28,29)30)18(31,32)33)11(22)4-10(20)13(8)14(24)12(23)6-37-19(34,35)36/h6,9-10,21,23-36H,2-5H2,1H3/b8-7+,12-6-,14-13-. The van der Waals surface area contributed by atoms with Crippen LogP contribution in [-0.2, 0) is 9.53 Å². The molecular weight excluding hydrogens is 514 g/mol. The van der Waals surface area contributed by atoms with Crippen LogP contribution < -0.4 is 0 Å². The molecule has 2 atom stereocenters. The van der Waals surface area contributed by atoms with Crippen LogP contribution in [0.5, 0.6) is 0 Å². The maximum absolute atomic E-state index is 12.9. The molecular formula is C19H29NO17. The van der Waals surface area contributed by atoms with Crippen molar-refractivity contribution < 1.29 is 86.1 Å². The SMILES string of the molecule is C/C(O)=C1/CCN2CC(C(O)(O)C(O)(C(O)(O)O)C(O)(O)O)C(=O)CC2/C1=C(O)/C(O)=C/OC(O)(O)O. The molecule has 0 amide bonds. The number of fused-ring (bicyclic) bond motifs is 1. The first-order valence-corrected chi connectivity index (χ1v) is 10.3. The van der Waals surface area contributed by atoms with Crippen LogP contribution in [0.15, 0.2) is 34.7 Å². The van der Waals surface area contributed by atoms with Crippen LogP contribution in [0.25, 0.3) is 0 Å². The van der Waals surface area contributed by atoms with Gasteiger partial charge in [0.05, 0.1) is 11.7 Å². The van der Waals surface area contributed by atoms with Gasteiger partial charge in [-0.3, -0.25) is 9.69 Å². The number of carbonyl (C=O) groups is 1. The quantitative estimate of drug-likeness (QED) is 0.105. The summed E-state index contributed by atoms with van der Waals surface area (Å²) < 4.78 is 3.98. The molecule has 2 unspecified atom stereocenters. The van der Waals surface area contributed by atoms with Gasteiger partial charge in [0, 0.05) is 31.1 Å². The first-order chi connectivity index (χ1) is 16.5. The number of ketones is 1. The van der Waals surface area contributed by atoms with Gasteiger partial charge in [0.25, 0.3) is 5.60 Å². The predicted octanol–water partition coefficient (Wildman–Crippen LogP) is -6.03. The van der Waals surface area contributed by atoms with E-state index in [9.17, 15) is 66.1 Å². The first-order valence-electron chi connectivity index (χ1n) is 10.3. The van der Waals surface area contributed by atoms with E-state index >= 15 is 0 Å². The average molecular weight is 543 g/mol. The van der Waals surface area contributed by atoms with Crippen molar-refractivity contribution in [1.29, 1.82) is 0 Å². The van der Waals surface area contributed by atoms with Gasteiger partial charge in [0.1, 0.15) is 12.0 Å². The number of piperidine rings is 2. The fourth-order valence-corrected chi connectivity index (χ4v) is 4.38. The molecule has 212 valence electrons. The highest BCUT2D eigenvalue weighted by Crippen LogP contribution is 2.45. The molecule has 18 nitrogen and oxygen atoms in total. The van der Waals surface area contributed by atoms with Crippen molar-refractivity contribution in [2.45, 2.75) is 55.3 Å². The Bertz CT molecular complexity index is 976. The summed E-state index contributed by atoms with van der Waals surface area (Å²) in [5.74, 6) is -20.3. The van der Waals surface area contributed by atoms with Gasteiger partial charge >= 0.3 is 18.1 Å². The molecule has 0 bridgehead atoms. The zero-order chi connectivity index (χ0) is 28.9. The van der Waals surface area contributed by atoms with E-state index in [-0.39, 0.29) is 30.4 Å². The Hall–Kier alpha value is -2.43. The largest absolute Gasteiger partial charge is 0.512 e.